The van der Waals surface area contributed by atoms with Gasteiger partial charge in [-0.25, -0.2) is 15.0 Å². The Balaban J connectivity index is 1.29. The van der Waals surface area contributed by atoms with Gasteiger partial charge in [0.1, 0.15) is 23.5 Å². The van der Waals surface area contributed by atoms with Gasteiger partial charge in [-0.15, -0.1) is 0 Å². The number of nitrogens with one attached hydrogen (secondary N) is 1. The molecule has 0 bridgehead atoms. The van der Waals surface area contributed by atoms with E-state index in [0.717, 1.165) is 28.6 Å². The lowest BCUT2D eigenvalue weighted by Crippen LogP contribution is -2.39. The smallest absolute Gasteiger partial charge is 0.243 e. The molecule has 1 aromatic carbocycles. The van der Waals surface area contributed by atoms with Crippen LogP contribution < -0.4 is 20.5 Å². The molecule has 1 aliphatic heterocycles. The monoisotopic (exact) mass is 577 g/mol. The second-order valence-corrected chi connectivity index (χ2v) is 10.7. The van der Waals surface area contributed by atoms with E-state index in [1.807, 2.05) is 48.9 Å². The van der Waals surface area contributed by atoms with E-state index in [0.29, 0.717) is 59.2 Å². The maximum absolute atomic E-state index is 12.5. The molecular weight excluding hydrogens is 546 g/mol. The molecular formula is C32H31N7O4. The van der Waals surface area contributed by atoms with Gasteiger partial charge in [-0.2, -0.15) is 0 Å². The van der Waals surface area contributed by atoms with Crippen LogP contribution in [0.2, 0.25) is 0 Å². The van der Waals surface area contributed by atoms with Gasteiger partial charge in [0.15, 0.2) is 11.5 Å². The lowest BCUT2D eigenvalue weighted by molar-refractivity contribution is -0.131. The Hall–Kier alpha value is -5.37. The van der Waals surface area contributed by atoms with Crippen molar-refractivity contribution in [1.82, 2.24) is 29.7 Å². The number of nitrogens with two attached hydrogens (primary N) is 1. The van der Waals surface area contributed by atoms with Gasteiger partial charge >= 0.3 is 0 Å². The zero-order valence-corrected chi connectivity index (χ0v) is 24.1. The Kier molecular flexibility index (Phi) is 7.19. The zero-order chi connectivity index (χ0) is 30.2. The first kappa shape index (κ1) is 27.8. The molecule has 3 aromatic heterocycles. The molecule has 0 spiro atoms. The first-order valence-corrected chi connectivity index (χ1v) is 13.9. The molecule has 4 aromatic rings. The van der Waals surface area contributed by atoms with Gasteiger partial charge in [0.25, 0.3) is 0 Å². The molecule has 2 amide bonds. The molecule has 3 atom stereocenters. The number of ether oxygens (including phenoxy) is 2. The first-order valence-electron chi connectivity index (χ1n) is 13.9. The summed E-state index contributed by atoms with van der Waals surface area (Å²) >= 11 is 0. The quantitative estimate of drug-likeness (QED) is 0.253. The van der Waals surface area contributed by atoms with E-state index in [4.69, 9.17) is 15.2 Å². The number of carbonyl (C=O) groups is 2. The number of piperidine rings is 1. The third-order valence-corrected chi connectivity index (χ3v) is 8.03. The second-order valence-electron chi connectivity index (χ2n) is 10.7. The number of nitrogen functional groups attached to an aromatic ring is 1. The Bertz CT molecular complexity index is 1820. The molecule has 43 heavy (non-hydrogen) atoms. The van der Waals surface area contributed by atoms with Gasteiger partial charge in [0, 0.05) is 43.4 Å². The molecule has 218 valence electrons. The van der Waals surface area contributed by atoms with E-state index in [1.165, 1.54) is 6.33 Å². The number of likely N-dealkylation sites (tertiary alicyclic amines) is 1. The Morgan fingerprint density at radius 1 is 1.19 bits per heavy atom. The number of methoxy groups -OCH3 is 1. The topological polar surface area (TPSA) is 137 Å². The van der Waals surface area contributed by atoms with Gasteiger partial charge in [-0.3, -0.25) is 9.59 Å². The van der Waals surface area contributed by atoms with Crippen LogP contribution in [0.5, 0.6) is 17.4 Å². The van der Waals surface area contributed by atoms with Crippen LogP contribution in [0, 0.1) is 36.5 Å². The van der Waals surface area contributed by atoms with Gasteiger partial charge < -0.3 is 30.0 Å². The summed E-state index contributed by atoms with van der Waals surface area (Å²) < 4.78 is 13.7. The number of hydrogen-bond acceptors (Lipinski definition) is 8. The molecule has 1 aliphatic carbocycles. The average molecular weight is 578 g/mol. The van der Waals surface area contributed by atoms with Gasteiger partial charge in [0.05, 0.1) is 19.0 Å². The van der Waals surface area contributed by atoms with E-state index in [1.54, 1.807) is 18.1 Å². The van der Waals surface area contributed by atoms with Crippen LogP contribution in [0.1, 0.15) is 11.4 Å². The minimum absolute atomic E-state index is 0.0306. The number of amides is 2. The van der Waals surface area contributed by atoms with Gasteiger partial charge in [-0.05, 0) is 54.5 Å². The number of pyridine rings is 1. The van der Waals surface area contributed by atoms with Crippen molar-refractivity contribution in [2.75, 3.05) is 32.5 Å². The van der Waals surface area contributed by atoms with Crippen molar-refractivity contribution >= 4 is 28.7 Å². The molecule has 11 heteroatoms. The number of anilines is 1. The van der Waals surface area contributed by atoms with E-state index in [-0.39, 0.29) is 24.3 Å². The number of fused-ring (bicyclic) bond motifs is 2. The highest BCUT2D eigenvalue weighted by atomic mass is 16.5. The summed E-state index contributed by atoms with van der Waals surface area (Å²) in [5.74, 6) is 9.07. The Morgan fingerprint density at radius 2 is 1.98 bits per heavy atom. The van der Waals surface area contributed by atoms with Crippen molar-refractivity contribution in [1.29, 1.82) is 0 Å². The molecule has 1 unspecified atom stereocenters. The van der Waals surface area contributed by atoms with Crippen molar-refractivity contribution in [2.45, 2.75) is 6.92 Å². The van der Waals surface area contributed by atoms with Crippen LogP contribution in [0.4, 0.5) is 5.82 Å². The Morgan fingerprint density at radius 3 is 2.70 bits per heavy atom. The maximum Gasteiger partial charge on any atom is 0.243 e. The number of aryl methyl sites for hydroxylation is 2. The number of nitrogens with zero attached hydrogens (tertiary/aromatic N) is 5. The van der Waals surface area contributed by atoms with Crippen molar-refractivity contribution in [3.05, 3.63) is 66.8 Å². The number of carbonyl (C=O) groups excluding carboxylic acids is 2. The highest BCUT2D eigenvalue weighted by molar-refractivity contribution is 6.03. The Labute approximate surface area is 248 Å². The molecule has 4 heterocycles. The average Bonchev–Trinajstić information content (AvgIpc) is 3.31. The van der Waals surface area contributed by atoms with Crippen molar-refractivity contribution in [3.8, 4) is 40.3 Å². The molecule has 1 saturated heterocycles. The number of hydrogen-bond donors (Lipinski definition) is 2. The summed E-state index contributed by atoms with van der Waals surface area (Å²) in [5.41, 5.74) is 10.3. The highest BCUT2D eigenvalue weighted by Gasteiger charge is 2.56. The molecule has 0 radical (unpaired) electrons. The fourth-order valence-electron chi connectivity index (χ4n) is 5.74. The predicted molar refractivity (Wildman–Crippen MR) is 161 cm³/mol. The second kappa shape index (κ2) is 11.1. The van der Waals surface area contributed by atoms with E-state index in [2.05, 4.69) is 38.7 Å². The van der Waals surface area contributed by atoms with Gasteiger partial charge in [-0.1, -0.05) is 24.6 Å². The maximum atomic E-state index is 12.5. The summed E-state index contributed by atoms with van der Waals surface area (Å²) in [6.45, 7) is 6.53. The van der Waals surface area contributed by atoms with Crippen LogP contribution in [0.3, 0.4) is 0 Å². The largest absolute Gasteiger partial charge is 0.493 e. The van der Waals surface area contributed by atoms with Crippen LogP contribution in [-0.2, 0) is 16.6 Å². The third kappa shape index (κ3) is 5.23. The molecule has 1 saturated carbocycles. The summed E-state index contributed by atoms with van der Waals surface area (Å²) in [6.07, 6.45) is 2.60. The summed E-state index contributed by atoms with van der Waals surface area (Å²) in [7, 11) is 3.50. The van der Waals surface area contributed by atoms with E-state index >= 15 is 0 Å². The fraction of sp³-hybridized carbons (Fsp3) is 0.281. The highest BCUT2D eigenvalue weighted by Crippen LogP contribution is 2.51. The first-order chi connectivity index (χ1) is 20.8. The number of aromatic nitrogens is 4. The summed E-state index contributed by atoms with van der Waals surface area (Å²) in [5, 5.41) is 3.26. The molecule has 6 rings (SSSR count). The standard InChI is InChI=1S/C32H31N7O4/c1-5-26(40)34-14-28(41)39-15-21-20(22(21)16-39)10-11-23-29(30-31(33)35-17-36-32(30)38(23)3)19-9-12-24(25(13-19)42-4)43-27-8-6-7-18(2)37-27/h5-9,12-13,17,20-22H,1,14-16H2,2-4H3,(H,34,40)(H2,33,35,36)/t20?,21-,22+. The van der Waals surface area contributed by atoms with Gasteiger partial charge in [0.2, 0.25) is 17.7 Å². The minimum Gasteiger partial charge on any atom is -0.493 e. The van der Waals surface area contributed by atoms with Crippen LogP contribution in [0.15, 0.2) is 55.4 Å². The van der Waals surface area contributed by atoms with Crippen molar-refractivity contribution < 1.29 is 19.1 Å². The SMILES string of the molecule is C=CC(=O)NCC(=O)N1C[C@@H]2C(C#Cc3c(-c4ccc(Oc5cccc(C)n5)c(OC)c4)c4c(N)ncnc4n3C)[C@@H]2C1. The van der Waals surface area contributed by atoms with Crippen molar-refractivity contribution in [3.63, 3.8) is 0 Å². The third-order valence-electron chi connectivity index (χ3n) is 8.03. The lowest BCUT2D eigenvalue weighted by Gasteiger charge is -2.18. The molecule has 2 fully saturated rings. The molecule has 2 aliphatic rings. The zero-order valence-electron chi connectivity index (χ0n) is 24.1. The molecule has 3 N–H and O–H groups in total. The van der Waals surface area contributed by atoms with Crippen molar-refractivity contribution in [2.24, 2.45) is 24.8 Å². The lowest BCUT2D eigenvalue weighted by atomic mass is 10.0. The summed E-state index contributed by atoms with van der Waals surface area (Å²) in [4.78, 5) is 38.9. The summed E-state index contributed by atoms with van der Waals surface area (Å²) in [6, 6.07) is 11.2. The normalized spacial score (nSPS) is 18.4. The minimum atomic E-state index is -0.361. The molecule has 11 nitrogen and oxygen atoms in total. The van der Waals surface area contributed by atoms with E-state index < -0.39 is 0 Å². The van der Waals surface area contributed by atoms with Crippen LogP contribution in [0.25, 0.3) is 22.2 Å². The number of rotatable bonds is 7. The predicted octanol–water partition coefficient (Wildman–Crippen LogP) is 3.08. The number of benzene rings is 1. The van der Waals surface area contributed by atoms with Crippen LogP contribution >= 0.6 is 0 Å². The fourth-order valence-corrected chi connectivity index (χ4v) is 5.74. The van der Waals surface area contributed by atoms with Crippen LogP contribution in [-0.4, -0.2) is 63.0 Å². The van der Waals surface area contributed by atoms with E-state index in [9.17, 15) is 9.59 Å².